The van der Waals surface area contributed by atoms with Gasteiger partial charge in [0, 0.05) is 6.54 Å². The van der Waals surface area contributed by atoms with Crippen LogP contribution in [0, 0.1) is 17.3 Å². The van der Waals surface area contributed by atoms with Crippen LogP contribution in [0.1, 0.15) is 52.4 Å². The SMILES string of the molecule is CC(C)CC1(CNC(=O)CNCC2CC2)CCC1. The quantitative estimate of drug-likeness (QED) is 0.696. The zero-order valence-electron chi connectivity index (χ0n) is 11.9. The first-order valence-corrected chi connectivity index (χ1v) is 7.57. The Labute approximate surface area is 111 Å². The van der Waals surface area contributed by atoms with Crippen LogP contribution in [0.2, 0.25) is 0 Å². The van der Waals surface area contributed by atoms with E-state index in [0.29, 0.717) is 12.0 Å². The molecule has 0 radical (unpaired) electrons. The van der Waals surface area contributed by atoms with Crippen LogP contribution in [0.15, 0.2) is 0 Å². The Kier molecular flexibility index (Phi) is 4.66. The van der Waals surface area contributed by atoms with Gasteiger partial charge in [-0.3, -0.25) is 4.79 Å². The fourth-order valence-corrected chi connectivity index (χ4v) is 3.06. The highest BCUT2D eigenvalue weighted by atomic mass is 16.1. The van der Waals surface area contributed by atoms with Crippen molar-refractivity contribution in [1.29, 1.82) is 0 Å². The third kappa shape index (κ3) is 4.27. The van der Waals surface area contributed by atoms with E-state index in [0.717, 1.165) is 24.9 Å². The van der Waals surface area contributed by atoms with E-state index < -0.39 is 0 Å². The molecule has 2 saturated carbocycles. The first kappa shape index (κ1) is 13.9. The first-order valence-electron chi connectivity index (χ1n) is 7.57. The number of hydrogen-bond donors (Lipinski definition) is 2. The van der Waals surface area contributed by atoms with Crippen molar-refractivity contribution in [1.82, 2.24) is 10.6 Å². The van der Waals surface area contributed by atoms with Crippen molar-refractivity contribution < 1.29 is 4.79 Å². The smallest absolute Gasteiger partial charge is 0.233 e. The fraction of sp³-hybridized carbons (Fsp3) is 0.933. The average Bonchev–Trinajstić information content (AvgIpc) is 3.05. The Morgan fingerprint density at radius 2 is 2.06 bits per heavy atom. The largest absolute Gasteiger partial charge is 0.354 e. The molecule has 1 amide bonds. The highest BCUT2D eigenvalue weighted by Crippen LogP contribution is 2.45. The van der Waals surface area contributed by atoms with E-state index in [1.807, 2.05) is 0 Å². The molecule has 0 aromatic heterocycles. The highest BCUT2D eigenvalue weighted by Gasteiger charge is 2.37. The highest BCUT2D eigenvalue weighted by molar-refractivity contribution is 5.78. The maximum atomic E-state index is 11.7. The predicted octanol–water partition coefficient (Wildman–Crippen LogP) is 2.32. The molecule has 104 valence electrons. The van der Waals surface area contributed by atoms with Crippen LogP contribution in [0.25, 0.3) is 0 Å². The van der Waals surface area contributed by atoms with E-state index in [2.05, 4.69) is 24.5 Å². The van der Waals surface area contributed by atoms with Crippen LogP contribution in [0.4, 0.5) is 0 Å². The molecule has 0 bridgehead atoms. The Bertz CT molecular complexity index is 280. The number of carbonyl (C=O) groups is 1. The topological polar surface area (TPSA) is 41.1 Å². The fourth-order valence-electron chi connectivity index (χ4n) is 3.06. The number of amides is 1. The second kappa shape index (κ2) is 6.05. The molecule has 0 spiro atoms. The summed E-state index contributed by atoms with van der Waals surface area (Å²) in [6.07, 6.45) is 7.85. The Morgan fingerprint density at radius 1 is 1.33 bits per heavy atom. The molecule has 2 aliphatic rings. The Hall–Kier alpha value is -0.570. The van der Waals surface area contributed by atoms with Crippen LogP contribution in [-0.2, 0) is 4.79 Å². The number of rotatable bonds is 8. The lowest BCUT2D eigenvalue weighted by atomic mass is 9.64. The molecule has 0 atom stereocenters. The molecular formula is C15H28N2O. The van der Waals surface area contributed by atoms with Crippen molar-refractivity contribution in [2.45, 2.75) is 52.4 Å². The predicted molar refractivity (Wildman–Crippen MR) is 74.3 cm³/mol. The summed E-state index contributed by atoms with van der Waals surface area (Å²) in [5, 5.41) is 6.37. The molecule has 3 nitrogen and oxygen atoms in total. The minimum Gasteiger partial charge on any atom is -0.354 e. The third-order valence-electron chi connectivity index (χ3n) is 4.33. The van der Waals surface area contributed by atoms with E-state index in [4.69, 9.17) is 0 Å². The molecular weight excluding hydrogens is 224 g/mol. The maximum Gasteiger partial charge on any atom is 0.233 e. The molecule has 2 rings (SSSR count). The van der Waals surface area contributed by atoms with Gasteiger partial charge in [0.2, 0.25) is 5.91 Å². The standard InChI is InChI=1S/C15H28N2O/c1-12(2)8-15(6-3-7-15)11-17-14(18)10-16-9-13-4-5-13/h12-13,16H,3-11H2,1-2H3,(H,17,18). The molecule has 2 aliphatic carbocycles. The van der Waals surface area contributed by atoms with E-state index in [-0.39, 0.29) is 5.91 Å². The molecule has 0 aliphatic heterocycles. The minimum atomic E-state index is 0.172. The molecule has 0 unspecified atom stereocenters. The molecule has 3 heteroatoms. The van der Waals surface area contributed by atoms with Gasteiger partial charge in [-0.15, -0.1) is 0 Å². The maximum absolute atomic E-state index is 11.7. The number of nitrogens with one attached hydrogen (secondary N) is 2. The van der Waals surface area contributed by atoms with E-state index in [1.54, 1.807) is 0 Å². The Balaban J connectivity index is 1.60. The molecule has 0 heterocycles. The van der Waals surface area contributed by atoms with Crippen molar-refractivity contribution >= 4 is 5.91 Å². The molecule has 2 N–H and O–H groups in total. The van der Waals surface area contributed by atoms with E-state index in [9.17, 15) is 4.79 Å². The monoisotopic (exact) mass is 252 g/mol. The van der Waals surface area contributed by atoms with Gasteiger partial charge in [0.1, 0.15) is 0 Å². The second-order valence-electron chi connectivity index (χ2n) is 6.80. The van der Waals surface area contributed by atoms with Crippen LogP contribution in [0.3, 0.4) is 0 Å². The van der Waals surface area contributed by atoms with Gasteiger partial charge in [-0.2, -0.15) is 0 Å². The van der Waals surface area contributed by atoms with Gasteiger partial charge in [-0.1, -0.05) is 20.3 Å². The average molecular weight is 252 g/mol. The van der Waals surface area contributed by atoms with Crippen molar-refractivity contribution in [3.05, 3.63) is 0 Å². The van der Waals surface area contributed by atoms with Crippen LogP contribution in [0.5, 0.6) is 0 Å². The molecule has 0 aromatic rings. The summed E-state index contributed by atoms with van der Waals surface area (Å²) in [7, 11) is 0. The van der Waals surface area contributed by atoms with Crippen molar-refractivity contribution in [3.63, 3.8) is 0 Å². The van der Waals surface area contributed by atoms with Gasteiger partial charge < -0.3 is 10.6 Å². The molecule has 0 aromatic carbocycles. The number of carbonyl (C=O) groups excluding carboxylic acids is 1. The zero-order valence-corrected chi connectivity index (χ0v) is 11.9. The summed E-state index contributed by atoms with van der Waals surface area (Å²) >= 11 is 0. The number of hydrogen-bond acceptors (Lipinski definition) is 2. The van der Waals surface area contributed by atoms with Crippen LogP contribution in [-0.4, -0.2) is 25.5 Å². The van der Waals surface area contributed by atoms with Crippen molar-refractivity contribution in [3.8, 4) is 0 Å². The zero-order chi connectivity index (χ0) is 13.0. The van der Waals surface area contributed by atoms with Gasteiger partial charge in [-0.25, -0.2) is 0 Å². The van der Waals surface area contributed by atoms with Gasteiger partial charge in [-0.05, 0) is 55.9 Å². The Morgan fingerprint density at radius 3 is 2.56 bits per heavy atom. The first-order chi connectivity index (χ1) is 8.60. The summed E-state index contributed by atoms with van der Waals surface area (Å²) in [5.41, 5.74) is 0.417. The van der Waals surface area contributed by atoms with Gasteiger partial charge in [0.25, 0.3) is 0 Å². The normalized spacial score (nSPS) is 21.7. The van der Waals surface area contributed by atoms with Gasteiger partial charge in [0.15, 0.2) is 0 Å². The summed E-state index contributed by atoms with van der Waals surface area (Å²) in [5.74, 6) is 1.75. The van der Waals surface area contributed by atoms with Gasteiger partial charge >= 0.3 is 0 Å². The van der Waals surface area contributed by atoms with E-state index >= 15 is 0 Å². The molecule has 2 fully saturated rings. The lowest BCUT2D eigenvalue weighted by molar-refractivity contribution is -0.121. The second-order valence-corrected chi connectivity index (χ2v) is 6.80. The summed E-state index contributed by atoms with van der Waals surface area (Å²) < 4.78 is 0. The van der Waals surface area contributed by atoms with Crippen molar-refractivity contribution in [2.75, 3.05) is 19.6 Å². The van der Waals surface area contributed by atoms with E-state index in [1.165, 1.54) is 38.5 Å². The van der Waals surface area contributed by atoms with Crippen molar-refractivity contribution in [2.24, 2.45) is 17.3 Å². The van der Waals surface area contributed by atoms with Crippen LogP contribution >= 0.6 is 0 Å². The third-order valence-corrected chi connectivity index (χ3v) is 4.33. The summed E-state index contributed by atoms with van der Waals surface area (Å²) in [6.45, 7) is 6.95. The van der Waals surface area contributed by atoms with Gasteiger partial charge in [0.05, 0.1) is 6.54 Å². The molecule has 0 saturated heterocycles. The summed E-state index contributed by atoms with van der Waals surface area (Å²) in [4.78, 5) is 11.7. The minimum absolute atomic E-state index is 0.172. The van der Waals surface area contributed by atoms with Crippen LogP contribution < -0.4 is 10.6 Å². The lowest BCUT2D eigenvalue weighted by Crippen LogP contribution is -2.45. The summed E-state index contributed by atoms with van der Waals surface area (Å²) in [6, 6.07) is 0. The lowest BCUT2D eigenvalue weighted by Gasteiger charge is -2.43. The molecule has 18 heavy (non-hydrogen) atoms.